The lowest BCUT2D eigenvalue weighted by Gasteiger charge is -2.29. The van der Waals surface area contributed by atoms with E-state index in [0.717, 1.165) is 59.6 Å². The van der Waals surface area contributed by atoms with E-state index in [4.69, 9.17) is 19.3 Å². The zero-order chi connectivity index (χ0) is 25.2. The van der Waals surface area contributed by atoms with Crippen molar-refractivity contribution in [2.24, 2.45) is 22.9 Å². The first kappa shape index (κ1) is 24.1. The average molecular weight is 489 g/mol. The topological polar surface area (TPSA) is 77.4 Å². The molecule has 0 saturated heterocycles. The molecule has 2 aliphatic carbocycles. The summed E-state index contributed by atoms with van der Waals surface area (Å²) in [6, 6.07) is 15.4. The maximum atomic E-state index is 13.3. The molecule has 2 fully saturated rings. The summed E-state index contributed by atoms with van der Waals surface area (Å²) in [7, 11) is 3.29. The van der Waals surface area contributed by atoms with Crippen molar-refractivity contribution in [1.29, 1.82) is 0 Å². The zero-order valence-corrected chi connectivity index (χ0v) is 21.0. The molecule has 4 unspecified atom stereocenters. The van der Waals surface area contributed by atoms with Crippen LogP contribution in [0.25, 0.3) is 6.08 Å². The standard InChI is InChI=1S/C29H32N2O5/c1-18-15-25(18)29(33)36-17-26(32)31-28(20-9-13-23(35-3)14-10-20)24-6-4-5-21(27(24)30-31)16-19-7-11-22(34-2)12-8-19/h7-14,16,18,24-25,28H,4-6,15,17H2,1-3H3. The molecule has 4 atom stereocenters. The van der Waals surface area contributed by atoms with Gasteiger partial charge in [-0.3, -0.25) is 9.59 Å². The van der Waals surface area contributed by atoms with Crippen LogP contribution in [0, 0.1) is 17.8 Å². The number of carbonyl (C=O) groups excluding carboxylic acids is 2. The largest absolute Gasteiger partial charge is 0.497 e. The van der Waals surface area contributed by atoms with Gasteiger partial charge in [0, 0.05) is 5.92 Å². The summed E-state index contributed by atoms with van der Waals surface area (Å²) in [4.78, 5) is 25.6. The maximum Gasteiger partial charge on any atom is 0.309 e. The lowest BCUT2D eigenvalue weighted by Crippen LogP contribution is -2.34. The van der Waals surface area contributed by atoms with Crippen LogP contribution in [0.1, 0.15) is 49.8 Å². The molecule has 2 aromatic carbocycles. The van der Waals surface area contributed by atoms with Gasteiger partial charge < -0.3 is 14.2 Å². The highest BCUT2D eigenvalue weighted by Crippen LogP contribution is 2.45. The molecule has 3 aliphatic rings. The molecule has 1 heterocycles. The fourth-order valence-electron chi connectivity index (χ4n) is 5.20. The summed E-state index contributed by atoms with van der Waals surface area (Å²) in [5.74, 6) is 1.29. The van der Waals surface area contributed by atoms with Gasteiger partial charge in [0.1, 0.15) is 11.5 Å². The van der Waals surface area contributed by atoms with Gasteiger partial charge in [-0.15, -0.1) is 0 Å². The van der Waals surface area contributed by atoms with Gasteiger partial charge in [0.05, 0.1) is 31.9 Å². The SMILES string of the molecule is COc1ccc(C=C2CCCC3C2=NN(C(=O)COC(=O)C2CC2C)C3c2ccc(OC)cc2)cc1. The third-order valence-corrected chi connectivity index (χ3v) is 7.42. The molecular formula is C29H32N2O5. The number of methoxy groups -OCH3 is 2. The number of carbonyl (C=O) groups is 2. The summed E-state index contributed by atoms with van der Waals surface area (Å²) >= 11 is 0. The van der Waals surface area contributed by atoms with Crippen LogP contribution < -0.4 is 9.47 Å². The van der Waals surface area contributed by atoms with Crippen molar-refractivity contribution in [3.63, 3.8) is 0 Å². The van der Waals surface area contributed by atoms with Crippen molar-refractivity contribution >= 4 is 23.7 Å². The predicted octanol–water partition coefficient (Wildman–Crippen LogP) is 5.03. The molecule has 0 spiro atoms. The number of ether oxygens (including phenoxy) is 3. The molecule has 7 nitrogen and oxygen atoms in total. The van der Waals surface area contributed by atoms with Gasteiger partial charge in [-0.1, -0.05) is 31.2 Å². The summed E-state index contributed by atoms with van der Waals surface area (Å²) in [5, 5.41) is 6.40. The number of allylic oxidation sites excluding steroid dienone is 1. The minimum atomic E-state index is -0.303. The van der Waals surface area contributed by atoms with Crippen LogP contribution in [-0.4, -0.2) is 43.4 Å². The molecule has 1 amide bonds. The van der Waals surface area contributed by atoms with Gasteiger partial charge in [-0.25, -0.2) is 5.01 Å². The highest BCUT2D eigenvalue weighted by Gasteiger charge is 2.45. The molecule has 7 heteroatoms. The highest BCUT2D eigenvalue weighted by molar-refractivity contribution is 6.08. The quantitative estimate of drug-likeness (QED) is 0.511. The van der Waals surface area contributed by atoms with E-state index in [1.807, 2.05) is 55.5 Å². The normalized spacial score (nSPS) is 25.7. The van der Waals surface area contributed by atoms with Gasteiger partial charge in [0.15, 0.2) is 6.61 Å². The van der Waals surface area contributed by atoms with Crippen LogP contribution in [0.5, 0.6) is 11.5 Å². The number of benzene rings is 2. The van der Waals surface area contributed by atoms with Crippen LogP contribution in [0.4, 0.5) is 0 Å². The molecule has 188 valence electrons. The molecular weight excluding hydrogens is 456 g/mol. The average Bonchev–Trinajstić information content (AvgIpc) is 3.51. The van der Waals surface area contributed by atoms with E-state index in [0.29, 0.717) is 5.92 Å². The number of rotatable bonds is 7. The van der Waals surface area contributed by atoms with Gasteiger partial charge in [0.2, 0.25) is 0 Å². The second-order valence-electron chi connectivity index (χ2n) is 9.81. The molecule has 36 heavy (non-hydrogen) atoms. The first-order valence-corrected chi connectivity index (χ1v) is 12.5. The van der Waals surface area contributed by atoms with Gasteiger partial charge in [-0.2, -0.15) is 5.10 Å². The van der Waals surface area contributed by atoms with Crippen LogP contribution in [0.2, 0.25) is 0 Å². The number of amides is 1. The van der Waals surface area contributed by atoms with Gasteiger partial charge in [0.25, 0.3) is 5.91 Å². The third-order valence-electron chi connectivity index (χ3n) is 7.42. The van der Waals surface area contributed by atoms with Gasteiger partial charge >= 0.3 is 5.97 Å². The minimum absolute atomic E-state index is 0.0692. The Bertz CT molecular complexity index is 1190. The van der Waals surface area contributed by atoms with Crippen LogP contribution >= 0.6 is 0 Å². The Labute approximate surface area is 211 Å². The fourth-order valence-corrected chi connectivity index (χ4v) is 5.20. The number of esters is 1. The Balaban J connectivity index is 1.43. The second kappa shape index (κ2) is 10.2. The van der Waals surface area contributed by atoms with E-state index < -0.39 is 0 Å². The minimum Gasteiger partial charge on any atom is -0.497 e. The van der Waals surface area contributed by atoms with E-state index in [1.165, 1.54) is 0 Å². The van der Waals surface area contributed by atoms with Crippen molar-refractivity contribution in [2.45, 2.75) is 38.6 Å². The summed E-state index contributed by atoms with van der Waals surface area (Å²) in [5.41, 5.74) is 4.12. The number of hydrogen-bond acceptors (Lipinski definition) is 6. The predicted molar refractivity (Wildman–Crippen MR) is 137 cm³/mol. The molecule has 0 bridgehead atoms. The lowest BCUT2D eigenvalue weighted by atomic mass is 9.77. The first-order valence-electron chi connectivity index (χ1n) is 12.5. The Hall–Kier alpha value is -3.61. The first-order chi connectivity index (χ1) is 17.5. The molecule has 5 rings (SSSR count). The van der Waals surface area contributed by atoms with Crippen molar-refractivity contribution in [1.82, 2.24) is 5.01 Å². The summed E-state index contributed by atoms with van der Waals surface area (Å²) < 4.78 is 16.0. The number of hydrazone groups is 1. The Kier molecular flexibility index (Phi) is 6.81. The molecule has 2 saturated carbocycles. The van der Waals surface area contributed by atoms with Crippen LogP contribution in [0.15, 0.2) is 59.2 Å². The Morgan fingerprint density at radius 2 is 1.67 bits per heavy atom. The third kappa shape index (κ3) is 4.87. The monoisotopic (exact) mass is 488 g/mol. The Morgan fingerprint density at radius 3 is 2.28 bits per heavy atom. The molecule has 0 N–H and O–H groups in total. The van der Waals surface area contributed by atoms with Crippen LogP contribution in [0.3, 0.4) is 0 Å². The summed E-state index contributed by atoms with van der Waals surface area (Å²) in [6.07, 6.45) is 5.81. The van der Waals surface area contributed by atoms with Crippen molar-refractivity contribution in [3.8, 4) is 11.5 Å². The number of fused-ring (bicyclic) bond motifs is 1. The van der Waals surface area contributed by atoms with Crippen molar-refractivity contribution < 1.29 is 23.8 Å². The van der Waals surface area contributed by atoms with E-state index in [1.54, 1.807) is 19.2 Å². The van der Waals surface area contributed by atoms with E-state index >= 15 is 0 Å². The highest BCUT2D eigenvalue weighted by atomic mass is 16.5. The fraction of sp³-hybridized carbons (Fsp3) is 0.414. The number of nitrogens with zero attached hydrogens (tertiary/aromatic N) is 2. The van der Waals surface area contributed by atoms with E-state index in [9.17, 15) is 9.59 Å². The second-order valence-corrected chi connectivity index (χ2v) is 9.81. The Morgan fingerprint density at radius 1 is 1.03 bits per heavy atom. The van der Waals surface area contributed by atoms with E-state index in [2.05, 4.69) is 6.08 Å². The van der Waals surface area contributed by atoms with Gasteiger partial charge in [-0.05, 0) is 78.6 Å². The zero-order valence-electron chi connectivity index (χ0n) is 21.0. The van der Waals surface area contributed by atoms with Crippen molar-refractivity contribution in [3.05, 3.63) is 65.2 Å². The molecule has 0 radical (unpaired) electrons. The lowest BCUT2D eigenvalue weighted by molar-refractivity contribution is -0.154. The summed E-state index contributed by atoms with van der Waals surface area (Å²) in [6.45, 7) is 1.72. The molecule has 0 aromatic heterocycles. The number of hydrogen-bond donors (Lipinski definition) is 0. The van der Waals surface area contributed by atoms with Crippen molar-refractivity contribution in [2.75, 3.05) is 20.8 Å². The molecule has 2 aromatic rings. The maximum absolute atomic E-state index is 13.3. The smallest absolute Gasteiger partial charge is 0.309 e. The van der Waals surface area contributed by atoms with Crippen LogP contribution in [-0.2, 0) is 14.3 Å². The molecule has 1 aliphatic heterocycles. The van der Waals surface area contributed by atoms with E-state index in [-0.39, 0.29) is 36.4 Å².